The lowest BCUT2D eigenvalue weighted by Gasteiger charge is -2.35. The number of aryl methyl sites for hydroxylation is 1. The Kier molecular flexibility index (Phi) is 6.10. The van der Waals surface area contributed by atoms with Crippen molar-refractivity contribution in [2.45, 2.75) is 65.0 Å². The van der Waals surface area contributed by atoms with Gasteiger partial charge in [0, 0.05) is 12.1 Å². The zero-order chi connectivity index (χ0) is 15.2. The Morgan fingerprint density at radius 2 is 1.90 bits per heavy atom. The fraction of sp³-hybridized carbons (Fsp3) is 0.684. The van der Waals surface area contributed by atoms with Gasteiger partial charge >= 0.3 is 0 Å². The second-order valence-electron chi connectivity index (χ2n) is 6.96. The molecule has 0 bridgehead atoms. The minimum absolute atomic E-state index is 0.591. The SMILES string of the molecule is COc1ccc(CCC(C)NC2CCC(C)CC2C)cc1. The van der Waals surface area contributed by atoms with Crippen molar-refractivity contribution in [3.05, 3.63) is 29.8 Å². The third-order valence-electron chi connectivity index (χ3n) is 4.96. The molecule has 1 aliphatic carbocycles. The maximum atomic E-state index is 5.20. The molecule has 1 N–H and O–H groups in total. The summed E-state index contributed by atoms with van der Waals surface area (Å²) >= 11 is 0. The third kappa shape index (κ3) is 5.03. The third-order valence-corrected chi connectivity index (χ3v) is 4.96. The molecule has 2 nitrogen and oxygen atoms in total. The Labute approximate surface area is 130 Å². The first-order valence-electron chi connectivity index (χ1n) is 8.47. The van der Waals surface area contributed by atoms with E-state index in [1.54, 1.807) is 7.11 Å². The summed E-state index contributed by atoms with van der Waals surface area (Å²) in [5, 5.41) is 3.86. The Hall–Kier alpha value is -1.02. The smallest absolute Gasteiger partial charge is 0.118 e. The van der Waals surface area contributed by atoms with Gasteiger partial charge in [0.05, 0.1) is 7.11 Å². The van der Waals surface area contributed by atoms with E-state index >= 15 is 0 Å². The van der Waals surface area contributed by atoms with Gasteiger partial charge in [-0.2, -0.15) is 0 Å². The summed E-state index contributed by atoms with van der Waals surface area (Å²) < 4.78 is 5.20. The van der Waals surface area contributed by atoms with Gasteiger partial charge in [-0.3, -0.25) is 0 Å². The van der Waals surface area contributed by atoms with Crippen LogP contribution in [0.3, 0.4) is 0 Å². The molecular formula is C19H31NO. The molecule has 1 aromatic carbocycles. The van der Waals surface area contributed by atoms with E-state index in [-0.39, 0.29) is 0 Å². The van der Waals surface area contributed by atoms with E-state index in [0.717, 1.165) is 24.0 Å². The molecule has 1 aromatic rings. The van der Waals surface area contributed by atoms with Gasteiger partial charge in [-0.05, 0) is 68.6 Å². The van der Waals surface area contributed by atoms with Crippen LogP contribution < -0.4 is 10.1 Å². The molecule has 4 unspecified atom stereocenters. The van der Waals surface area contributed by atoms with Crippen molar-refractivity contribution in [2.75, 3.05) is 7.11 Å². The van der Waals surface area contributed by atoms with Crippen molar-refractivity contribution in [3.8, 4) is 5.75 Å². The van der Waals surface area contributed by atoms with Gasteiger partial charge in [-0.25, -0.2) is 0 Å². The lowest BCUT2D eigenvalue weighted by molar-refractivity contribution is 0.214. The van der Waals surface area contributed by atoms with Crippen molar-refractivity contribution in [3.63, 3.8) is 0 Å². The summed E-state index contributed by atoms with van der Waals surface area (Å²) in [5.41, 5.74) is 1.40. The Bertz CT molecular complexity index is 414. The largest absolute Gasteiger partial charge is 0.497 e. The Morgan fingerprint density at radius 1 is 1.19 bits per heavy atom. The highest BCUT2D eigenvalue weighted by molar-refractivity contribution is 5.27. The molecule has 0 aromatic heterocycles. The van der Waals surface area contributed by atoms with Gasteiger partial charge in [0.2, 0.25) is 0 Å². The van der Waals surface area contributed by atoms with E-state index < -0.39 is 0 Å². The summed E-state index contributed by atoms with van der Waals surface area (Å²) in [7, 11) is 1.72. The standard InChI is InChI=1S/C19H31NO/c1-14-5-12-19(15(2)13-14)20-16(3)6-7-17-8-10-18(21-4)11-9-17/h8-11,14-16,19-20H,5-7,12-13H2,1-4H3. The predicted octanol–water partition coefficient (Wildman–Crippen LogP) is 4.43. The fourth-order valence-corrected chi connectivity index (χ4v) is 3.54. The van der Waals surface area contributed by atoms with Crippen LogP contribution in [0.5, 0.6) is 5.75 Å². The van der Waals surface area contributed by atoms with Gasteiger partial charge in [0.1, 0.15) is 5.75 Å². The molecule has 1 aliphatic rings. The average Bonchev–Trinajstić information content (AvgIpc) is 2.48. The minimum atomic E-state index is 0.591. The summed E-state index contributed by atoms with van der Waals surface area (Å²) in [6, 6.07) is 9.77. The highest BCUT2D eigenvalue weighted by Crippen LogP contribution is 2.29. The van der Waals surface area contributed by atoms with Gasteiger partial charge in [-0.15, -0.1) is 0 Å². The van der Waals surface area contributed by atoms with Crippen LogP contribution in [0.2, 0.25) is 0 Å². The normalized spacial score (nSPS) is 27.3. The number of hydrogen-bond acceptors (Lipinski definition) is 2. The van der Waals surface area contributed by atoms with Crippen molar-refractivity contribution >= 4 is 0 Å². The molecule has 0 heterocycles. The van der Waals surface area contributed by atoms with Crippen LogP contribution in [-0.4, -0.2) is 19.2 Å². The molecule has 2 rings (SSSR count). The van der Waals surface area contributed by atoms with Crippen molar-refractivity contribution < 1.29 is 4.74 Å². The molecule has 0 amide bonds. The molecule has 1 saturated carbocycles. The molecule has 2 heteroatoms. The van der Waals surface area contributed by atoms with Crippen LogP contribution in [0.1, 0.15) is 52.0 Å². The Morgan fingerprint density at radius 3 is 2.52 bits per heavy atom. The molecule has 21 heavy (non-hydrogen) atoms. The zero-order valence-electron chi connectivity index (χ0n) is 14.1. The second kappa shape index (κ2) is 7.84. The number of rotatable bonds is 6. The molecule has 0 aliphatic heterocycles. The zero-order valence-corrected chi connectivity index (χ0v) is 14.1. The van der Waals surface area contributed by atoms with Crippen LogP contribution in [0, 0.1) is 11.8 Å². The van der Waals surface area contributed by atoms with E-state index in [1.165, 1.54) is 31.2 Å². The summed E-state index contributed by atoms with van der Waals surface area (Å²) in [5.74, 6) is 2.67. The van der Waals surface area contributed by atoms with Gasteiger partial charge < -0.3 is 10.1 Å². The van der Waals surface area contributed by atoms with Crippen LogP contribution in [-0.2, 0) is 6.42 Å². The monoisotopic (exact) mass is 289 g/mol. The number of benzene rings is 1. The molecule has 0 spiro atoms. The number of nitrogens with one attached hydrogen (secondary N) is 1. The first-order chi connectivity index (χ1) is 10.1. The van der Waals surface area contributed by atoms with E-state index in [9.17, 15) is 0 Å². The number of methoxy groups -OCH3 is 1. The van der Waals surface area contributed by atoms with Crippen LogP contribution in [0.25, 0.3) is 0 Å². The first-order valence-corrected chi connectivity index (χ1v) is 8.47. The van der Waals surface area contributed by atoms with E-state index in [1.807, 2.05) is 0 Å². The molecule has 0 radical (unpaired) electrons. The molecular weight excluding hydrogens is 258 g/mol. The average molecular weight is 289 g/mol. The maximum Gasteiger partial charge on any atom is 0.118 e. The minimum Gasteiger partial charge on any atom is -0.497 e. The molecule has 1 fully saturated rings. The predicted molar refractivity (Wildman–Crippen MR) is 89.9 cm³/mol. The van der Waals surface area contributed by atoms with Crippen LogP contribution in [0.15, 0.2) is 24.3 Å². The molecule has 0 saturated heterocycles. The number of ether oxygens (including phenoxy) is 1. The fourth-order valence-electron chi connectivity index (χ4n) is 3.54. The molecule has 118 valence electrons. The lowest BCUT2D eigenvalue weighted by atomic mass is 9.79. The topological polar surface area (TPSA) is 21.3 Å². The summed E-state index contributed by atoms with van der Waals surface area (Å²) in [6.45, 7) is 7.12. The summed E-state index contributed by atoms with van der Waals surface area (Å²) in [4.78, 5) is 0. The Balaban J connectivity index is 1.75. The lowest BCUT2D eigenvalue weighted by Crippen LogP contribution is -2.43. The van der Waals surface area contributed by atoms with E-state index in [0.29, 0.717) is 12.1 Å². The van der Waals surface area contributed by atoms with Crippen LogP contribution >= 0.6 is 0 Å². The highest BCUT2D eigenvalue weighted by atomic mass is 16.5. The quantitative estimate of drug-likeness (QED) is 0.836. The van der Waals surface area contributed by atoms with Crippen molar-refractivity contribution in [1.82, 2.24) is 5.32 Å². The molecule has 4 atom stereocenters. The first kappa shape index (κ1) is 16.4. The van der Waals surface area contributed by atoms with Crippen molar-refractivity contribution in [2.24, 2.45) is 11.8 Å². The maximum absolute atomic E-state index is 5.20. The van der Waals surface area contributed by atoms with Gasteiger partial charge in [-0.1, -0.05) is 26.0 Å². The van der Waals surface area contributed by atoms with E-state index in [4.69, 9.17) is 4.74 Å². The summed E-state index contributed by atoms with van der Waals surface area (Å²) in [6.07, 6.45) is 6.44. The van der Waals surface area contributed by atoms with Gasteiger partial charge in [0.25, 0.3) is 0 Å². The van der Waals surface area contributed by atoms with Crippen LogP contribution in [0.4, 0.5) is 0 Å². The van der Waals surface area contributed by atoms with E-state index in [2.05, 4.69) is 50.4 Å². The second-order valence-corrected chi connectivity index (χ2v) is 6.96. The van der Waals surface area contributed by atoms with Gasteiger partial charge in [0.15, 0.2) is 0 Å². The van der Waals surface area contributed by atoms with Crippen molar-refractivity contribution in [1.29, 1.82) is 0 Å². The highest BCUT2D eigenvalue weighted by Gasteiger charge is 2.25. The number of hydrogen-bond donors (Lipinski definition) is 1.